The molecule has 0 saturated heterocycles. The van der Waals surface area contributed by atoms with Gasteiger partial charge in [0.15, 0.2) is 11.5 Å². The Morgan fingerprint density at radius 2 is 1.53 bits per heavy atom. The van der Waals surface area contributed by atoms with Crippen molar-refractivity contribution in [2.24, 2.45) is 0 Å². The van der Waals surface area contributed by atoms with Crippen LogP contribution in [0.2, 0.25) is 0 Å². The Labute approximate surface area is 200 Å². The summed E-state index contributed by atoms with van der Waals surface area (Å²) in [6.07, 6.45) is 0.448. The molecule has 0 fully saturated rings. The number of carbonyl (C=O) groups excluding carboxylic acids is 1. The second kappa shape index (κ2) is 11.5. The quantitative estimate of drug-likeness (QED) is 0.447. The molecule has 0 saturated carbocycles. The fourth-order valence-corrected chi connectivity index (χ4v) is 4.76. The number of nitrogens with zero attached hydrogens (tertiary/aromatic N) is 1. The molecule has 3 rings (SSSR count). The lowest BCUT2D eigenvalue weighted by Gasteiger charge is -2.22. The predicted octanol–water partition coefficient (Wildman–Crippen LogP) is 3.58. The molecule has 0 unspecified atom stereocenters. The van der Waals surface area contributed by atoms with E-state index in [0.717, 1.165) is 5.56 Å². The van der Waals surface area contributed by atoms with E-state index in [1.807, 2.05) is 30.3 Å². The minimum absolute atomic E-state index is 0.00968. The number of ether oxygens (including phenoxy) is 3. The molecule has 0 atom stereocenters. The van der Waals surface area contributed by atoms with Gasteiger partial charge in [0.2, 0.25) is 15.9 Å². The summed E-state index contributed by atoms with van der Waals surface area (Å²) >= 11 is 0. The van der Waals surface area contributed by atoms with Crippen molar-refractivity contribution in [3.63, 3.8) is 0 Å². The van der Waals surface area contributed by atoms with Crippen molar-refractivity contribution in [1.82, 2.24) is 4.31 Å². The first-order chi connectivity index (χ1) is 16.4. The number of amides is 1. The van der Waals surface area contributed by atoms with Crippen LogP contribution < -0.4 is 19.5 Å². The third kappa shape index (κ3) is 6.27. The number of sulfonamides is 1. The second-order valence-corrected chi connectivity index (χ2v) is 9.31. The molecule has 0 aliphatic rings. The third-order valence-electron chi connectivity index (χ3n) is 5.18. The van der Waals surface area contributed by atoms with Crippen LogP contribution >= 0.6 is 0 Å². The lowest BCUT2D eigenvalue weighted by atomic mass is 10.1. The largest absolute Gasteiger partial charge is 0.497 e. The molecule has 0 aliphatic heterocycles. The maximum absolute atomic E-state index is 13.5. The van der Waals surface area contributed by atoms with E-state index in [9.17, 15) is 13.2 Å². The van der Waals surface area contributed by atoms with Gasteiger partial charge in [0.25, 0.3) is 0 Å². The maximum Gasteiger partial charge on any atom is 0.243 e. The standard InChI is InChI=1S/C25H28N2O6S/c1-31-21-11-9-20(10-12-21)26-25(28)18-27(16-15-19-7-5-4-6-8-19)34(29,30)22-13-14-23(32-2)24(17-22)33-3/h4-14,17H,15-16,18H2,1-3H3,(H,26,28). The van der Waals surface area contributed by atoms with Gasteiger partial charge in [-0.25, -0.2) is 8.42 Å². The predicted molar refractivity (Wildman–Crippen MR) is 130 cm³/mol. The van der Waals surface area contributed by atoms with E-state index in [1.54, 1.807) is 31.4 Å². The molecule has 0 heterocycles. The molecule has 0 spiro atoms. The van der Waals surface area contributed by atoms with Gasteiger partial charge in [-0.2, -0.15) is 4.31 Å². The molecule has 1 N–H and O–H groups in total. The molecule has 0 bridgehead atoms. The number of rotatable bonds is 11. The highest BCUT2D eigenvalue weighted by molar-refractivity contribution is 7.89. The molecule has 8 nitrogen and oxygen atoms in total. The van der Waals surface area contributed by atoms with Crippen molar-refractivity contribution in [3.8, 4) is 17.2 Å². The van der Waals surface area contributed by atoms with Gasteiger partial charge < -0.3 is 19.5 Å². The highest BCUT2D eigenvalue weighted by Gasteiger charge is 2.27. The summed E-state index contributed by atoms with van der Waals surface area (Å²) in [5, 5.41) is 2.74. The molecule has 0 radical (unpaired) electrons. The van der Waals surface area contributed by atoms with Gasteiger partial charge in [-0.1, -0.05) is 30.3 Å². The number of hydrogen-bond acceptors (Lipinski definition) is 6. The number of anilines is 1. The first-order valence-electron chi connectivity index (χ1n) is 10.6. The summed E-state index contributed by atoms with van der Waals surface area (Å²) in [6, 6.07) is 20.7. The Morgan fingerprint density at radius 1 is 0.853 bits per heavy atom. The van der Waals surface area contributed by atoms with Crippen LogP contribution in [0.5, 0.6) is 17.2 Å². The minimum Gasteiger partial charge on any atom is -0.497 e. The Hall–Kier alpha value is -3.56. The maximum atomic E-state index is 13.5. The van der Waals surface area contributed by atoms with Gasteiger partial charge >= 0.3 is 0 Å². The summed E-state index contributed by atoms with van der Waals surface area (Å²) < 4.78 is 43.8. The molecule has 0 aromatic heterocycles. The van der Waals surface area contributed by atoms with Crippen molar-refractivity contribution in [2.45, 2.75) is 11.3 Å². The van der Waals surface area contributed by atoms with Crippen LogP contribution in [0.25, 0.3) is 0 Å². The average Bonchev–Trinajstić information content (AvgIpc) is 2.87. The summed E-state index contributed by atoms with van der Waals surface area (Å²) in [6.45, 7) is -0.230. The molecular formula is C25H28N2O6S. The summed E-state index contributed by atoms with van der Waals surface area (Å²) in [5.74, 6) is 0.893. The number of carbonyl (C=O) groups is 1. The van der Waals surface area contributed by atoms with E-state index in [4.69, 9.17) is 14.2 Å². The van der Waals surface area contributed by atoms with Crippen molar-refractivity contribution in [1.29, 1.82) is 0 Å². The van der Waals surface area contributed by atoms with E-state index in [2.05, 4.69) is 5.32 Å². The van der Waals surface area contributed by atoms with Crippen molar-refractivity contribution < 1.29 is 27.4 Å². The number of nitrogens with one attached hydrogen (secondary N) is 1. The van der Waals surface area contributed by atoms with E-state index in [1.165, 1.54) is 36.7 Å². The number of benzene rings is 3. The van der Waals surface area contributed by atoms with Gasteiger partial charge in [0, 0.05) is 18.3 Å². The molecule has 180 valence electrons. The van der Waals surface area contributed by atoms with Crippen molar-refractivity contribution in [3.05, 3.63) is 78.4 Å². The molecule has 9 heteroatoms. The van der Waals surface area contributed by atoms with Crippen LogP contribution in [0.3, 0.4) is 0 Å². The van der Waals surface area contributed by atoms with Gasteiger partial charge in [0.05, 0.1) is 32.8 Å². The lowest BCUT2D eigenvalue weighted by molar-refractivity contribution is -0.116. The van der Waals surface area contributed by atoms with Crippen LogP contribution in [0.15, 0.2) is 77.7 Å². The molecule has 34 heavy (non-hydrogen) atoms. The molecule has 1 amide bonds. The molecule has 3 aromatic rings. The van der Waals surface area contributed by atoms with E-state index < -0.39 is 15.9 Å². The first-order valence-corrected chi connectivity index (χ1v) is 12.0. The second-order valence-electron chi connectivity index (χ2n) is 7.37. The minimum atomic E-state index is -4.01. The monoisotopic (exact) mass is 484 g/mol. The Morgan fingerprint density at radius 3 is 2.15 bits per heavy atom. The Balaban J connectivity index is 1.85. The Kier molecular flexibility index (Phi) is 8.50. The normalized spacial score (nSPS) is 11.2. The third-order valence-corrected chi connectivity index (χ3v) is 7.02. The zero-order valence-electron chi connectivity index (χ0n) is 19.4. The zero-order chi connectivity index (χ0) is 24.6. The van der Waals surface area contributed by atoms with E-state index in [0.29, 0.717) is 23.6 Å². The fraction of sp³-hybridized carbons (Fsp3) is 0.240. The summed E-state index contributed by atoms with van der Waals surface area (Å²) in [7, 11) is 0.451. The van der Waals surface area contributed by atoms with Gasteiger partial charge in [-0.3, -0.25) is 4.79 Å². The highest BCUT2D eigenvalue weighted by Crippen LogP contribution is 2.30. The molecule has 0 aliphatic carbocycles. The topological polar surface area (TPSA) is 94.2 Å². The molecular weight excluding hydrogens is 456 g/mol. The van der Waals surface area contributed by atoms with Gasteiger partial charge in [0.1, 0.15) is 5.75 Å². The SMILES string of the molecule is COc1ccc(NC(=O)CN(CCc2ccccc2)S(=O)(=O)c2ccc(OC)c(OC)c2)cc1. The van der Waals surface area contributed by atoms with Crippen molar-refractivity contribution in [2.75, 3.05) is 39.7 Å². The van der Waals surface area contributed by atoms with Gasteiger partial charge in [-0.15, -0.1) is 0 Å². The van der Waals surface area contributed by atoms with Crippen LogP contribution in [-0.4, -0.2) is 53.0 Å². The summed E-state index contributed by atoms with van der Waals surface area (Å²) in [4.78, 5) is 12.8. The van der Waals surface area contributed by atoms with E-state index in [-0.39, 0.29) is 23.7 Å². The smallest absolute Gasteiger partial charge is 0.243 e. The van der Waals surface area contributed by atoms with Crippen LogP contribution in [0.4, 0.5) is 5.69 Å². The van der Waals surface area contributed by atoms with Crippen LogP contribution in [-0.2, 0) is 21.2 Å². The summed E-state index contributed by atoms with van der Waals surface area (Å²) in [5.41, 5.74) is 1.50. The lowest BCUT2D eigenvalue weighted by Crippen LogP contribution is -2.39. The highest BCUT2D eigenvalue weighted by atomic mass is 32.2. The average molecular weight is 485 g/mol. The molecule has 3 aromatic carbocycles. The number of hydrogen-bond donors (Lipinski definition) is 1. The van der Waals surface area contributed by atoms with Crippen molar-refractivity contribution >= 4 is 21.6 Å². The van der Waals surface area contributed by atoms with Crippen LogP contribution in [0.1, 0.15) is 5.56 Å². The zero-order valence-corrected chi connectivity index (χ0v) is 20.2. The van der Waals surface area contributed by atoms with Crippen LogP contribution in [0, 0.1) is 0 Å². The van der Waals surface area contributed by atoms with E-state index >= 15 is 0 Å². The van der Waals surface area contributed by atoms with Gasteiger partial charge in [-0.05, 0) is 48.4 Å². The first kappa shape index (κ1) is 25.1. The Bertz CT molecular complexity index is 1200. The number of methoxy groups -OCH3 is 3. The fourth-order valence-electron chi connectivity index (χ4n) is 3.34.